The molecule has 1 aliphatic heterocycles. The number of hydrogen-bond donors (Lipinski definition) is 0. The highest BCUT2D eigenvalue weighted by atomic mass is 16.2. The van der Waals surface area contributed by atoms with Crippen molar-refractivity contribution in [3.63, 3.8) is 0 Å². The first-order valence-electron chi connectivity index (χ1n) is 7.43. The van der Waals surface area contributed by atoms with Gasteiger partial charge in [-0.15, -0.1) is 0 Å². The second-order valence-electron chi connectivity index (χ2n) is 6.40. The highest BCUT2D eigenvalue weighted by Gasteiger charge is 2.44. The third-order valence-electron chi connectivity index (χ3n) is 4.61. The molecule has 0 spiro atoms. The van der Waals surface area contributed by atoms with Crippen molar-refractivity contribution in [1.29, 1.82) is 5.26 Å². The van der Waals surface area contributed by atoms with Gasteiger partial charge < -0.3 is 9.80 Å². The van der Waals surface area contributed by atoms with Crippen LogP contribution in [0.5, 0.6) is 0 Å². The Morgan fingerprint density at radius 1 is 1.32 bits per heavy atom. The van der Waals surface area contributed by atoms with E-state index >= 15 is 0 Å². The summed E-state index contributed by atoms with van der Waals surface area (Å²) >= 11 is 0. The molecule has 0 aromatic heterocycles. The highest BCUT2D eigenvalue weighted by molar-refractivity contribution is 5.85. The largest absolute Gasteiger partial charge is 0.341 e. The van der Waals surface area contributed by atoms with Gasteiger partial charge in [-0.25, -0.2) is 0 Å². The van der Waals surface area contributed by atoms with Gasteiger partial charge in [0.25, 0.3) is 0 Å². The van der Waals surface area contributed by atoms with Crippen molar-refractivity contribution in [2.24, 2.45) is 11.3 Å². The quantitative estimate of drug-likeness (QED) is 0.781. The molecule has 0 aromatic rings. The Kier molecular flexibility index (Phi) is 4.46. The molecule has 0 radical (unpaired) electrons. The Labute approximate surface area is 116 Å². The molecule has 0 unspecified atom stereocenters. The molecule has 19 heavy (non-hydrogen) atoms. The second kappa shape index (κ2) is 5.92. The van der Waals surface area contributed by atoms with Gasteiger partial charge in [0.15, 0.2) is 0 Å². The SMILES string of the molecule is CN(C)CC1CCN(C(=O)C2(C#N)CCCC2)CC1. The molecule has 106 valence electrons. The van der Waals surface area contributed by atoms with Gasteiger partial charge >= 0.3 is 0 Å². The lowest BCUT2D eigenvalue weighted by Crippen LogP contribution is -2.46. The molecule has 4 nitrogen and oxygen atoms in total. The van der Waals surface area contributed by atoms with E-state index in [2.05, 4.69) is 25.1 Å². The van der Waals surface area contributed by atoms with Gasteiger partial charge in [-0.2, -0.15) is 5.26 Å². The van der Waals surface area contributed by atoms with E-state index in [1.807, 2.05) is 4.90 Å². The molecule has 2 fully saturated rings. The second-order valence-corrected chi connectivity index (χ2v) is 6.40. The van der Waals surface area contributed by atoms with Gasteiger partial charge in [0.2, 0.25) is 5.91 Å². The number of carbonyl (C=O) groups excluding carboxylic acids is 1. The number of rotatable bonds is 3. The van der Waals surface area contributed by atoms with E-state index in [4.69, 9.17) is 0 Å². The van der Waals surface area contributed by atoms with E-state index in [1.54, 1.807) is 0 Å². The number of nitrogens with zero attached hydrogens (tertiary/aromatic N) is 3. The maximum atomic E-state index is 12.6. The van der Waals surface area contributed by atoms with Gasteiger partial charge in [0, 0.05) is 19.6 Å². The lowest BCUT2D eigenvalue weighted by molar-refractivity contribution is -0.140. The Bertz CT molecular complexity index is 358. The standard InChI is InChI=1S/C15H25N3O/c1-17(2)11-13-5-9-18(10-6-13)14(19)15(12-16)7-3-4-8-15/h13H,3-11H2,1-2H3. The van der Waals surface area contributed by atoms with Crippen LogP contribution in [0.1, 0.15) is 38.5 Å². The lowest BCUT2D eigenvalue weighted by Gasteiger charge is -2.36. The van der Waals surface area contributed by atoms with Crippen LogP contribution >= 0.6 is 0 Å². The van der Waals surface area contributed by atoms with Crippen molar-refractivity contribution in [2.45, 2.75) is 38.5 Å². The summed E-state index contributed by atoms with van der Waals surface area (Å²) in [5.74, 6) is 0.802. The van der Waals surface area contributed by atoms with Crippen molar-refractivity contribution in [1.82, 2.24) is 9.80 Å². The van der Waals surface area contributed by atoms with Crippen LogP contribution in [0, 0.1) is 22.7 Å². The maximum absolute atomic E-state index is 12.6. The molecular weight excluding hydrogens is 238 g/mol. The third-order valence-corrected chi connectivity index (χ3v) is 4.61. The summed E-state index contributed by atoms with van der Waals surface area (Å²) in [4.78, 5) is 16.7. The number of piperidine rings is 1. The van der Waals surface area contributed by atoms with Gasteiger partial charge in [-0.05, 0) is 45.7 Å². The molecular formula is C15H25N3O. The Balaban J connectivity index is 1.91. The van der Waals surface area contributed by atoms with E-state index < -0.39 is 5.41 Å². The van der Waals surface area contributed by atoms with Crippen molar-refractivity contribution in [2.75, 3.05) is 33.7 Å². The lowest BCUT2D eigenvalue weighted by atomic mass is 9.85. The van der Waals surface area contributed by atoms with Crippen molar-refractivity contribution in [3.05, 3.63) is 0 Å². The molecule has 0 aromatic carbocycles. The fourth-order valence-electron chi connectivity index (χ4n) is 3.49. The number of nitriles is 1. The Morgan fingerprint density at radius 3 is 2.37 bits per heavy atom. The molecule has 1 amide bonds. The molecule has 0 bridgehead atoms. The van der Waals surface area contributed by atoms with Crippen molar-refractivity contribution in [3.8, 4) is 6.07 Å². The predicted octanol–water partition coefficient (Wildman–Crippen LogP) is 1.87. The topological polar surface area (TPSA) is 47.3 Å². The summed E-state index contributed by atoms with van der Waals surface area (Å²) in [6.07, 6.45) is 5.73. The van der Waals surface area contributed by atoms with Gasteiger partial charge in [0.1, 0.15) is 5.41 Å². The van der Waals surface area contributed by atoms with Crippen LogP contribution < -0.4 is 0 Å². The zero-order chi connectivity index (χ0) is 13.9. The summed E-state index contributed by atoms with van der Waals surface area (Å²) in [6, 6.07) is 2.32. The van der Waals surface area contributed by atoms with Crippen LogP contribution in [-0.2, 0) is 4.79 Å². The van der Waals surface area contributed by atoms with Gasteiger partial charge in [-0.1, -0.05) is 12.8 Å². The average molecular weight is 263 g/mol. The first kappa shape index (κ1) is 14.3. The molecule has 2 rings (SSSR count). The Hall–Kier alpha value is -1.08. The molecule has 0 atom stereocenters. The zero-order valence-corrected chi connectivity index (χ0v) is 12.2. The third kappa shape index (κ3) is 3.09. The molecule has 2 aliphatic rings. The van der Waals surface area contributed by atoms with E-state index in [-0.39, 0.29) is 5.91 Å². The van der Waals surface area contributed by atoms with E-state index in [1.165, 1.54) is 0 Å². The average Bonchev–Trinajstić information content (AvgIpc) is 2.88. The minimum atomic E-state index is -0.686. The van der Waals surface area contributed by atoms with E-state index in [9.17, 15) is 10.1 Å². The number of carbonyl (C=O) groups is 1. The monoisotopic (exact) mass is 263 g/mol. The maximum Gasteiger partial charge on any atom is 0.243 e. The molecule has 1 heterocycles. The minimum absolute atomic E-state index is 0.107. The summed E-state index contributed by atoms with van der Waals surface area (Å²) < 4.78 is 0. The molecule has 1 aliphatic carbocycles. The number of hydrogen-bond acceptors (Lipinski definition) is 3. The Morgan fingerprint density at radius 2 is 1.89 bits per heavy atom. The summed E-state index contributed by atoms with van der Waals surface area (Å²) in [7, 11) is 4.20. The highest BCUT2D eigenvalue weighted by Crippen LogP contribution is 2.39. The van der Waals surface area contributed by atoms with Crippen LogP contribution in [0.4, 0.5) is 0 Å². The van der Waals surface area contributed by atoms with Crippen LogP contribution in [-0.4, -0.2) is 49.4 Å². The first-order valence-corrected chi connectivity index (χ1v) is 7.43. The molecule has 1 saturated carbocycles. The smallest absolute Gasteiger partial charge is 0.243 e. The molecule has 1 saturated heterocycles. The fourth-order valence-corrected chi connectivity index (χ4v) is 3.49. The predicted molar refractivity (Wildman–Crippen MR) is 74.4 cm³/mol. The van der Waals surface area contributed by atoms with Crippen LogP contribution in [0.3, 0.4) is 0 Å². The molecule has 4 heteroatoms. The van der Waals surface area contributed by atoms with E-state index in [0.717, 1.165) is 58.2 Å². The van der Waals surface area contributed by atoms with Gasteiger partial charge in [0.05, 0.1) is 6.07 Å². The number of likely N-dealkylation sites (tertiary alicyclic amines) is 1. The molecule has 0 N–H and O–H groups in total. The minimum Gasteiger partial charge on any atom is -0.341 e. The summed E-state index contributed by atoms with van der Waals surface area (Å²) in [5, 5.41) is 9.38. The van der Waals surface area contributed by atoms with Gasteiger partial charge in [-0.3, -0.25) is 4.79 Å². The zero-order valence-electron chi connectivity index (χ0n) is 12.2. The van der Waals surface area contributed by atoms with Crippen molar-refractivity contribution < 1.29 is 4.79 Å². The normalized spacial score (nSPS) is 23.6. The first-order chi connectivity index (χ1) is 9.07. The van der Waals surface area contributed by atoms with Crippen LogP contribution in [0.2, 0.25) is 0 Å². The summed E-state index contributed by atoms with van der Waals surface area (Å²) in [6.45, 7) is 2.77. The van der Waals surface area contributed by atoms with Crippen molar-refractivity contribution >= 4 is 5.91 Å². The summed E-state index contributed by atoms with van der Waals surface area (Å²) in [5.41, 5.74) is -0.686. The number of amides is 1. The van der Waals surface area contributed by atoms with Crippen LogP contribution in [0.25, 0.3) is 0 Å². The van der Waals surface area contributed by atoms with Crippen LogP contribution in [0.15, 0.2) is 0 Å². The fraction of sp³-hybridized carbons (Fsp3) is 0.867. The van der Waals surface area contributed by atoms with E-state index in [0.29, 0.717) is 5.92 Å².